The highest BCUT2D eigenvalue weighted by Crippen LogP contribution is 2.36. The largest absolute Gasteiger partial charge is 0.463 e. The molecule has 172 valence electrons. The minimum absolute atomic E-state index is 0.237. The van der Waals surface area contributed by atoms with Crippen LogP contribution in [0.15, 0.2) is 12.2 Å². The summed E-state index contributed by atoms with van der Waals surface area (Å²) < 4.78 is 9.43. The molecular weight excluding hydrogens is 411 g/mol. The quantitative estimate of drug-likeness (QED) is 0.102. The predicted octanol–water partition coefficient (Wildman–Crippen LogP) is 5.15. The van der Waals surface area contributed by atoms with Gasteiger partial charge in [-0.25, -0.2) is 0 Å². The van der Waals surface area contributed by atoms with E-state index in [0.29, 0.717) is 6.42 Å². The number of aliphatic hydroxyl groups is 1. The van der Waals surface area contributed by atoms with E-state index in [1.807, 2.05) is 0 Å². The molecular formula is C21H41O6PS. The topological polar surface area (TPSA) is 96.2 Å². The fourth-order valence-corrected chi connectivity index (χ4v) is 3.38. The maximum absolute atomic E-state index is 11.6. The van der Waals surface area contributed by atoms with Crippen molar-refractivity contribution in [1.29, 1.82) is 0 Å². The molecule has 0 fully saturated rings. The Morgan fingerprint density at radius 1 is 0.897 bits per heavy atom. The minimum Gasteiger partial charge on any atom is -0.463 e. The Morgan fingerprint density at radius 2 is 1.41 bits per heavy atom. The Bertz CT molecular complexity index is 466. The summed E-state index contributed by atoms with van der Waals surface area (Å²) >= 11 is 4.26. The number of carbonyl (C=O) groups excluding carboxylic acids is 1. The van der Waals surface area contributed by atoms with Crippen molar-refractivity contribution in [3.8, 4) is 0 Å². The van der Waals surface area contributed by atoms with Gasteiger partial charge in [0.15, 0.2) is 0 Å². The van der Waals surface area contributed by atoms with Crippen molar-refractivity contribution in [3.63, 3.8) is 0 Å². The Balaban J connectivity index is 3.38. The third-order valence-corrected chi connectivity index (χ3v) is 5.32. The molecule has 0 aromatic rings. The van der Waals surface area contributed by atoms with Gasteiger partial charge in [0.2, 0.25) is 0 Å². The number of unbranched alkanes of at least 4 members (excludes halogenated alkanes) is 11. The summed E-state index contributed by atoms with van der Waals surface area (Å²) in [5, 5.41) is 9.51. The van der Waals surface area contributed by atoms with Gasteiger partial charge >= 0.3 is 12.7 Å². The van der Waals surface area contributed by atoms with Crippen LogP contribution in [-0.2, 0) is 25.9 Å². The number of carbonyl (C=O) groups is 1. The normalized spacial score (nSPS) is 13.1. The lowest BCUT2D eigenvalue weighted by Gasteiger charge is -2.13. The highest BCUT2D eigenvalue weighted by molar-refractivity contribution is 8.06. The molecule has 0 aliphatic rings. The molecule has 0 saturated carbocycles. The number of ether oxygens (including phenoxy) is 1. The summed E-state index contributed by atoms with van der Waals surface area (Å²) in [4.78, 5) is 29.4. The second-order valence-corrected chi connectivity index (χ2v) is 10.1. The highest BCUT2D eigenvalue weighted by atomic mass is 32.5. The van der Waals surface area contributed by atoms with Crippen LogP contribution >= 0.6 is 6.72 Å². The van der Waals surface area contributed by atoms with Crippen molar-refractivity contribution >= 4 is 24.5 Å². The van der Waals surface area contributed by atoms with Crippen LogP contribution in [0, 0.1) is 0 Å². The zero-order chi connectivity index (χ0) is 21.8. The number of allylic oxidation sites excluding steroid dienone is 2. The molecule has 0 aliphatic heterocycles. The molecule has 1 atom stereocenters. The van der Waals surface area contributed by atoms with Gasteiger partial charge in [-0.1, -0.05) is 70.4 Å². The van der Waals surface area contributed by atoms with E-state index >= 15 is 0 Å². The molecule has 0 unspecified atom stereocenters. The maximum atomic E-state index is 11.6. The summed E-state index contributed by atoms with van der Waals surface area (Å²) in [6.45, 7) is -2.15. The van der Waals surface area contributed by atoms with Gasteiger partial charge in [-0.05, 0) is 43.9 Å². The first kappa shape index (κ1) is 28.7. The van der Waals surface area contributed by atoms with E-state index in [4.69, 9.17) is 14.5 Å². The molecule has 0 heterocycles. The van der Waals surface area contributed by atoms with Crippen LogP contribution in [0.4, 0.5) is 0 Å². The van der Waals surface area contributed by atoms with Gasteiger partial charge in [0, 0.05) is 6.42 Å². The van der Waals surface area contributed by atoms with E-state index in [0.717, 1.165) is 25.7 Å². The smallest absolute Gasteiger partial charge is 0.321 e. The molecule has 29 heavy (non-hydrogen) atoms. The summed E-state index contributed by atoms with van der Waals surface area (Å²) in [6, 6.07) is 0. The molecule has 0 radical (unpaired) electrons. The Morgan fingerprint density at radius 3 is 1.97 bits per heavy atom. The average Bonchev–Trinajstić information content (AvgIpc) is 2.67. The van der Waals surface area contributed by atoms with Crippen LogP contribution < -0.4 is 0 Å². The van der Waals surface area contributed by atoms with Crippen LogP contribution in [0.2, 0.25) is 0 Å². The molecule has 0 aromatic heterocycles. The van der Waals surface area contributed by atoms with Crippen LogP contribution in [-0.4, -0.2) is 40.2 Å². The van der Waals surface area contributed by atoms with Gasteiger partial charge in [-0.2, -0.15) is 0 Å². The first-order valence-corrected chi connectivity index (χ1v) is 13.7. The van der Waals surface area contributed by atoms with Crippen molar-refractivity contribution in [2.45, 2.75) is 103 Å². The molecule has 0 aromatic carbocycles. The zero-order valence-corrected chi connectivity index (χ0v) is 19.7. The summed E-state index contributed by atoms with van der Waals surface area (Å²) in [6.07, 6.45) is 19.4. The van der Waals surface area contributed by atoms with Crippen LogP contribution in [0.25, 0.3) is 0 Å². The fourth-order valence-electron chi connectivity index (χ4n) is 2.83. The van der Waals surface area contributed by atoms with E-state index in [2.05, 4.69) is 35.4 Å². The Labute approximate surface area is 181 Å². The molecule has 0 spiro atoms. The molecule has 0 amide bonds. The van der Waals surface area contributed by atoms with Crippen LogP contribution in [0.1, 0.15) is 96.8 Å². The van der Waals surface area contributed by atoms with Crippen LogP contribution in [0.3, 0.4) is 0 Å². The average molecular weight is 453 g/mol. The first-order chi connectivity index (χ1) is 13.8. The first-order valence-electron chi connectivity index (χ1n) is 11.0. The van der Waals surface area contributed by atoms with Gasteiger partial charge in [-0.15, -0.1) is 0 Å². The molecule has 0 bridgehead atoms. The summed E-state index contributed by atoms with van der Waals surface area (Å²) in [5.74, 6) is -0.367. The van der Waals surface area contributed by atoms with Crippen molar-refractivity contribution in [3.05, 3.63) is 12.2 Å². The van der Waals surface area contributed by atoms with E-state index < -0.39 is 12.8 Å². The van der Waals surface area contributed by atoms with Gasteiger partial charge in [0.25, 0.3) is 0 Å². The number of esters is 1. The van der Waals surface area contributed by atoms with Crippen molar-refractivity contribution in [2.75, 3.05) is 13.2 Å². The SMILES string of the molecule is CCCCCCCC/C=C\CCCCCCCC(=O)OC[C@@H](O)COP(O)(O)=S. The number of hydrogen-bond donors (Lipinski definition) is 3. The third-order valence-electron chi connectivity index (χ3n) is 4.51. The second kappa shape index (κ2) is 19.7. The summed E-state index contributed by atoms with van der Waals surface area (Å²) in [7, 11) is 0. The van der Waals surface area contributed by atoms with Gasteiger partial charge in [0.05, 0.1) is 6.61 Å². The molecule has 0 aliphatic carbocycles. The monoisotopic (exact) mass is 452 g/mol. The summed E-state index contributed by atoms with van der Waals surface area (Å²) in [5.41, 5.74) is 0. The molecule has 6 nitrogen and oxygen atoms in total. The Hall–Kier alpha value is -0.300. The number of rotatable bonds is 20. The van der Waals surface area contributed by atoms with E-state index in [1.165, 1.54) is 57.8 Å². The lowest BCUT2D eigenvalue weighted by atomic mass is 10.1. The van der Waals surface area contributed by atoms with Crippen molar-refractivity contribution < 1.29 is 28.9 Å². The Kier molecular flexibility index (Phi) is 19.4. The molecule has 0 rings (SSSR count). The van der Waals surface area contributed by atoms with E-state index in [1.54, 1.807) is 0 Å². The minimum atomic E-state index is -3.78. The molecule has 8 heteroatoms. The van der Waals surface area contributed by atoms with Crippen molar-refractivity contribution in [1.82, 2.24) is 0 Å². The maximum Gasteiger partial charge on any atom is 0.321 e. The van der Waals surface area contributed by atoms with Crippen molar-refractivity contribution in [2.24, 2.45) is 0 Å². The van der Waals surface area contributed by atoms with E-state index in [9.17, 15) is 9.90 Å². The van der Waals surface area contributed by atoms with E-state index in [-0.39, 0.29) is 19.2 Å². The highest BCUT2D eigenvalue weighted by Gasteiger charge is 2.14. The number of hydrogen-bond acceptors (Lipinski definition) is 5. The second-order valence-electron chi connectivity index (χ2n) is 7.46. The fraction of sp³-hybridized carbons (Fsp3) is 0.857. The third kappa shape index (κ3) is 23.8. The molecule has 3 N–H and O–H groups in total. The van der Waals surface area contributed by atoms with Crippen LogP contribution in [0.5, 0.6) is 0 Å². The standard InChI is InChI=1S/C21H41O6PS/c1-2-3-4-5-6-7-8-9-10-11-12-13-14-15-16-17-21(23)26-18-20(22)19-27-28(24,25)29/h9-10,20,22H,2-8,11-19H2,1H3,(H2,24,25,29)/b10-9-/t20-/m1/s1. The zero-order valence-electron chi connectivity index (χ0n) is 18.0. The lowest BCUT2D eigenvalue weighted by molar-refractivity contribution is -0.147. The van der Waals surface area contributed by atoms with Gasteiger partial charge in [-0.3, -0.25) is 4.79 Å². The predicted molar refractivity (Wildman–Crippen MR) is 121 cm³/mol. The molecule has 0 saturated heterocycles. The number of aliphatic hydroxyl groups excluding tert-OH is 1. The van der Waals surface area contributed by atoms with Gasteiger partial charge in [0.1, 0.15) is 12.7 Å². The lowest BCUT2D eigenvalue weighted by Crippen LogP contribution is -2.23. The van der Waals surface area contributed by atoms with Gasteiger partial charge < -0.3 is 24.2 Å².